The second-order valence-electron chi connectivity index (χ2n) is 7.60. The molecule has 4 rings (SSSR count). The Morgan fingerprint density at radius 2 is 2.00 bits per heavy atom. The van der Waals surface area contributed by atoms with Crippen LogP contribution < -0.4 is 5.32 Å². The van der Waals surface area contributed by atoms with Gasteiger partial charge in [-0.25, -0.2) is 0 Å². The van der Waals surface area contributed by atoms with Crippen molar-refractivity contribution < 1.29 is 14.7 Å². The maximum atomic E-state index is 12.8. The van der Waals surface area contributed by atoms with E-state index in [1.54, 1.807) is 25.1 Å². The number of carboxylic acids is 1. The van der Waals surface area contributed by atoms with Crippen molar-refractivity contribution in [3.63, 3.8) is 0 Å². The number of aryl methyl sites for hydroxylation is 1. The molecule has 1 spiro atoms. The zero-order valence-corrected chi connectivity index (χ0v) is 14.9. The fourth-order valence-electron chi connectivity index (χ4n) is 4.43. The Labute approximate surface area is 153 Å². The van der Waals surface area contributed by atoms with Crippen molar-refractivity contribution in [1.29, 1.82) is 0 Å². The number of aliphatic carboxylic acids is 1. The Bertz CT molecular complexity index is 875. The normalized spacial score (nSPS) is 24.6. The zero-order chi connectivity index (χ0) is 18.3. The molecule has 4 heteroatoms. The van der Waals surface area contributed by atoms with E-state index in [0.29, 0.717) is 11.3 Å². The standard InChI is InChI=1S/C22H23NO3/c1-14(21(25)26)16-7-4-9-17(12-16)23-20(24)19-13-22(19)11-5-8-15-6-2-3-10-18(15)22/h2-4,6-7,9-10,12,14,19H,5,8,11,13H2,1H3,(H,23,24)(H,25,26). The van der Waals surface area contributed by atoms with Gasteiger partial charge in [-0.3, -0.25) is 9.59 Å². The number of carboxylic acid groups (broad SMARTS) is 1. The number of carbonyl (C=O) groups is 2. The Kier molecular flexibility index (Phi) is 4.06. The van der Waals surface area contributed by atoms with E-state index in [4.69, 9.17) is 0 Å². The van der Waals surface area contributed by atoms with Crippen molar-refractivity contribution in [1.82, 2.24) is 0 Å². The summed E-state index contributed by atoms with van der Waals surface area (Å²) in [6, 6.07) is 15.7. The van der Waals surface area contributed by atoms with E-state index < -0.39 is 11.9 Å². The van der Waals surface area contributed by atoms with Crippen LogP contribution in [0.5, 0.6) is 0 Å². The molecule has 0 bridgehead atoms. The SMILES string of the molecule is CC(C(=O)O)c1cccc(NC(=O)C2CC23CCCc2ccccc23)c1. The van der Waals surface area contributed by atoms with Gasteiger partial charge in [0.05, 0.1) is 5.92 Å². The molecule has 134 valence electrons. The van der Waals surface area contributed by atoms with Gasteiger partial charge in [-0.2, -0.15) is 0 Å². The smallest absolute Gasteiger partial charge is 0.310 e. The van der Waals surface area contributed by atoms with Crippen LogP contribution in [0.3, 0.4) is 0 Å². The molecule has 2 aliphatic carbocycles. The molecule has 2 aromatic rings. The number of rotatable bonds is 4. The Morgan fingerprint density at radius 3 is 2.81 bits per heavy atom. The summed E-state index contributed by atoms with van der Waals surface area (Å²) in [7, 11) is 0. The molecule has 1 amide bonds. The lowest BCUT2D eigenvalue weighted by atomic mass is 9.78. The molecule has 1 saturated carbocycles. The van der Waals surface area contributed by atoms with Crippen molar-refractivity contribution in [3.05, 3.63) is 65.2 Å². The minimum absolute atomic E-state index is 0.00417. The molecule has 2 aliphatic rings. The van der Waals surface area contributed by atoms with Crippen LogP contribution in [0.2, 0.25) is 0 Å². The van der Waals surface area contributed by atoms with Gasteiger partial charge < -0.3 is 10.4 Å². The second kappa shape index (κ2) is 6.27. The lowest BCUT2D eigenvalue weighted by Crippen LogP contribution is -2.24. The third kappa shape index (κ3) is 2.79. The highest BCUT2D eigenvalue weighted by Gasteiger charge is 2.60. The van der Waals surface area contributed by atoms with Gasteiger partial charge in [-0.15, -0.1) is 0 Å². The van der Waals surface area contributed by atoms with E-state index in [9.17, 15) is 14.7 Å². The quantitative estimate of drug-likeness (QED) is 0.873. The van der Waals surface area contributed by atoms with Gasteiger partial charge in [-0.1, -0.05) is 36.4 Å². The Hall–Kier alpha value is -2.62. The van der Waals surface area contributed by atoms with Gasteiger partial charge in [0.25, 0.3) is 0 Å². The summed E-state index contributed by atoms with van der Waals surface area (Å²) in [6.45, 7) is 1.65. The highest BCUT2D eigenvalue weighted by Crippen LogP contribution is 2.60. The van der Waals surface area contributed by atoms with Gasteiger partial charge in [0.2, 0.25) is 5.91 Å². The average Bonchev–Trinajstić information content (AvgIpc) is 3.36. The molecule has 0 aliphatic heterocycles. The molecule has 0 radical (unpaired) electrons. The molecular formula is C22H23NO3. The first-order valence-corrected chi connectivity index (χ1v) is 9.23. The first kappa shape index (κ1) is 16.8. The molecule has 3 atom stereocenters. The predicted octanol–water partition coefficient (Wildman–Crippen LogP) is 4.11. The molecule has 1 fully saturated rings. The highest BCUT2D eigenvalue weighted by atomic mass is 16.4. The van der Waals surface area contributed by atoms with Gasteiger partial charge >= 0.3 is 5.97 Å². The van der Waals surface area contributed by atoms with E-state index in [0.717, 1.165) is 25.7 Å². The predicted molar refractivity (Wildman–Crippen MR) is 100 cm³/mol. The summed E-state index contributed by atoms with van der Waals surface area (Å²) in [5.74, 6) is -1.41. The number of nitrogens with one attached hydrogen (secondary N) is 1. The van der Waals surface area contributed by atoms with Gasteiger partial charge in [0.15, 0.2) is 0 Å². The molecule has 0 aromatic heterocycles. The Balaban J connectivity index is 1.51. The zero-order valence-electron chi connectivity index (χ0n) is 14.9. The number of fused-ring (bicyclic) bond motifs is 2. The number of hydrogen-bond donors (Lipinski definition) is 2. The van der Waals surface area contributed by atoms with Crippen LogP contribution in [-0.4, -0.2) is 17.0 Å². The van der Waals surface area contributed by atoms with Gasteiger partial charge in [0.1, 0.15) is 0 Å². The summed E-state index contributed by atoms with van der Waals surface area (Å²) < 4.78 is 0. The summed E-state index contributed by atoms with van der Waals surface area (Å²) in [4.78, 5) is 24.0. The average molecular weight is 349 g/mol. The number of hydrogen-bond acceptors (Lipinski definition) is 2. The fourth-order valence-corrected chi connectivity index (χ4v) is 4.43. The number of benzene rings is 2. The van der Waals surface area contributed by atoms with E-state index in [2.05, 4.69) is 29.6 Å². The molecule has 0 saturated heterocycles. The lowest BCUT2D eigenvalue weighted by Gasteiger charge is -2.26. The largest absolute Gasteiger partial charge is 0.481 e. The highest BCUT2D eigenvalue weighted by molar-refractivity contribution is 5.96. The minimum atomic E-state index is -0.867. The maximum Gasteiger partial charge on any atom is 0.310 e. The van der Waals surface area contributed by atoms with E-state index >= 15 is 0 Å². The van der Waals surface area contributed by atoms with Crippen molar-refractivity contribution >= 4 is 17.6 Å². The molecular weight excluding hydrogens is 326 g/mol. The number of amides is 1. The van der Waals surface area contributed by atoms with Crippen LogP contribution in [0.15, 0.2) is 48.5 Å². The summed E-state index contributed by atoms with van der Waals surface area (Å²) in [6.07, 6.45) is 4.20. The van der Waals surface area contributed by atoms with E-state index in [1.807, 2.05) is 6.07 Å². The van der Waals surface area contributed by atoms with E-state index in [1.165, 1.54) is 11.1 Å². The monoisotopic (exact) mass is 349 g/mol. The maximum absolute atomic E-state index is 12.8. The topological polar surface area (TPSA) is 66.4 Å². The third-order valence-electron chi connectivity index (χ3n) is 6.04. The van der Waals surface area contributed by atoms with Crippen LogP contribution in [-0.2, 0) is 21.4 Å². The van der Waals surface area contributed by atoms with Crippen LogP contribution in [0, 0.1) is 5.92 Å². The number of carbonyl (C=O) groups excluding carboxylic acids is 1. The molecule has 0 heterocycles. The van der Waals surface area contributed by atoms with E-state index in [-0.39, 0.29) is 17.2 Å². The molecule has 2 N–H and O–H groups in total. The van der Waals surface area contributed by atoms with Crippen molar-refractivity contribution in [2.75, 3.05) is 5.32 Å². The summed E-state index contributed by atoms with van der Waals surface area (Å²) in [5, 5.41) is 12.2. The fraction of sp³-hybridized carbons (Fsp3) is 0.364. The van der Waals surface area contributed by atoms with Crippen LogP contribution in [0.25, 0.3) is 0 Å². The summed E-state index contributed by atoms with van der Waals surface area (Å²) >= 11 is 0. The van der Waals surface area contributed by atoms with Crippen molar-refractivity contribution in [3.8, 4) is 0 Å². The van der Waals surface area contributed by atoms with Crippen molar-refractivity contribution in [2.24, 2.45) is 5.92 Å². The number of anilines is 1. The first-order chi connectivity index (χ1) is 12.5. The lowest BCUT2D eigenvalue weighted by molar-refractivity contribution is -0.138. The Morgan fingerprint density at radius 1 is 1.19 bits per heavy atom. The third-order valence-corrected chi connectivity index (χ3v) is 6.04. The molecule has 2 aromatic carbocycles. The molecule has 26 heavy (non-hydrogen) atoms. The van der Waals surface area contributed by atoms with Crippen LogP contribution in [0.1, 0.15) is 48.8 Å². The van der Waals surface area contributed by atoms with Gasteiger partial charge in [0, 0.05) is 17.0 Å². The molecule has 4 nitrogen and oxygen atoms in total. The van der Waals surface area contributed by atoms with Crippen LogP contribution >= 0.6 is 0 Å². The second-order valence-corrected chi connectivity index (χ2v) is 7.60. The van der Waals surface area contributed by atoms with Crippen LogP contribution in [0.4, 0.5) is 5.69 Å². The van der Waals surface area contributed by atoms with Crippen molar-refractivity contribution in [2.45, 2.75) is 43.9 Å². The first-order valence-electron chi connectivity index (χ1n) is 9.23. The molecule has 3 unspecified atom stereocenters. The van der Waals surface area contributed by atoms with Gasteiger partial charge in [-0.05, 0) is 61.4 Å². The minimum Gasteiger partial charge on any atom is -0.481 e. The summed E-state index contributed by atoms with van der Waals surface area (Å²) in [5.41, 5.74) is 4.10.